The lowest BCUT2D eigenvalue weighted by Gasteiger charge is -2.22. The lowest BCUT2D eigenvalue weighted by Crippen LogP contribution is -2.25. The highest BCUT2D eigenvalue weighted by Gasteiger charge is 2.29. The number of hydrogen-bond donors (Lipinski definition) is 0. The minimum atomic E-state index is -0.0217. The molecule has 0 saturated heterocycles. The van der Waals surface area contributed by atoms with Gasteiger partial charge in [0.2, 0.25) is 0 Å². The van der Waals surface area contributed by atoms with E-state index in [0.717, 1.165) is 5.56 Å². The first-order chi connectivity index (χ1) is 7.33. The van der Waals surface area contributed by atoms with Crippen LogP contribution < -0.4 is 0 Å². The van der Waals surface area contributed by atoms with Crippen molar-refractivity contribution in [2.24, 2.45) is 0 Å². The van der Waals surface area contributed by atoms with Gasteiger partial charge in [-0.2, -0.15) is 0 Å². The molecule has 1 aliphatic heterocycles. The molecule has 15 heavy (non-hydrogen) atoms. The molecular weight excluding hydrogens is 233 g/mol. The smallest absolute Gasteiger partial charge is 0.128 e. The van der Waals surface area contributed by atoms with Crippen LogP contribution in [0.5, 0.6) is 0 Å². The summed E-state index contributed by atoms with van der Waals surface area (Å²) in [5.74, 6) is 0.515. The molecule has 2 rings (SSSR count). The number of hydrogen-bond acceptors (Lipinski definition) is 2. The third-order valence-corrected chi connectivity index (χ3v) is 2.73. The van der Waals surface area contributed by atoms with Gasteiger partial charge in [0.05, 0.1) is 5.03 Å². The monoisotopic (exact) mass is 243 g/mol. The molecule has 0 amide bonds. The number of halogens is 2. The van der Waals surface area contributed by atoms with E-state index in [1.807, 2.05) is 30.3 Å². The molecule has 1 atom stereocenters. The van der Waals surface area contributed by atoms with E-state index >= 15 is 0 Å². The molecule has 80 valence electrons. The van der Waals surface area contributed by atoms with Gasteiger partial charge in [0, 0.05) is 12.4 Å². The van der Waals surface area contributed by atoms with Crippen LogP contribution in [-0.4, -0.2) is 17.5 Å². The Balaban J connectivity index is 2.22. The first kappa shape index (κ1) is 10.8. The molecule has 1 aromatic carbocycles. The number of alkyl halides is 1. The maximum atomic E-state index is 6.09. The number of benzene rings is 1. The largest absolute Gasteiger partial charge is 0.411 e. The molecular formula is C11H11Cl2NO. The molecule has 4 heteroatoms. The van der Waals surface area contributed by atoms with Crippen molar-refractivity contribution in [1.29, 1.82) is 0 Å². The first-order valence-electron chi connectivity index (χ1n) is 4.73. The number of hydroxylamine groups is 2. The van der Waals surface area contributed by atoms with Gasteiger partial charge in [0.1, 0.15) is 12.3 Å². The van der Waals surface area contributed by atoms with Gasteiger partial charge in [-0.3, -0.25) is 0 Å². The number of rotatable bonds is 3. The van der Waals surface area contributed by atoms with Gasteiger partial charge in [-0.15, -0.1) is 16.7 Å². The summed E-state index contributed by atoms with van der Waals surface area (Å²) in [5.41, 5.74) is 1.11. The van der Waals surface area contributed by atoms with Crippen LogP contribution in [0.15, 0.2) is 41.6 Å². The summed E-state index contributed by atoms with van der Waals surface area (Å²) < 4.78 is 0. The molecule has 0 N–H and O–H groups in total. The Morgan fingerprint density at radius 2 is 2.00 bits per heavy atom. The quantitative estimate of drug-likeness (QED) is 0.756. The van der Waals surface area contributed by atoms with Gasteiger partial charge in [-0.1, -0.05) is 41.9 Å². The summed E-state index contributed by atoms with van der Waals surface area (Å²) in [6, 6.07) is 9.97. The zero-order valence-electron chi connectivity index (χ0n) is 8.07. The topological polar surface area (TPSA) is 12.5 Å². The van der Waals surface area contributed by atoms with Crippen molar-refractivity contribution >= 4 is 23.2 Å². The number of nitrogens with zero attached hydrogens (tertiary/aromatic N) is 1. The summed E-state index contributed by atoms with van der Waals surface area (Å²) in [6.07, 6.45) is 1.56. The van der Waals surface area contributed by atoms with Crippen LogP contribution in [0.2, 0.25) is 0 Å². The molecule has 0 aromatic heterocycles. The molecule has 1 unspecified atom stereocenters. The second kappa shape index (κ2) is 4.88. The standard InChI is InChI=1S/C11H11Cl2NO/c12-6-7-14-11(10(13)8-15-14)9-4-2-1-3-5-9/h1-5,8,11H,6-7H2. The van der Waals surface area contributed by atoms with Crippen molar-refractivity contribution in [2.45, 2.75) is 6.04 Å². The van der Waals surface area contributed by atoms with Crippen molar-refractivity contribution in [3.63, 3.8) is 0 Å². The van der Waals surface area contributed by atoms with Crippen molar-refractivity contribution < 1.29 is 4.84 Å². The Morgan fingerprint density at radius 3 is 2.67 bits per heavy atom. The van der Waals surface area contributed by atoms with Crippen LogP contribution in [-0.2, 0) is 4.84 Å². The Labute approximate surface area is 99.0 Å². The van der Waals surface area contributed by atoms with E-state index < -0.39 is 0 Å². The van der Waals surface area contributed by atoms with E-state index in [1.165, 1.54) is 0 Å². The van der Waals surface area contributed by atoms with E-state index in [-0.39, 0.29) is 6.04 Å². The second-order valence-electron chi connectivity index (χ2n) is 3.25. The molecule has 0 saturated carbocycles. The highest BCUT2D eigenvalue weighted by molar-refractivity contribution is 6.30. The summed E-state index contributed by atoms with van der Waals surface area (Å²) in [7, 11) is 0. The summed E-state index contributed by atoms with van der Waals surface area (Å²) in [5, 5.41) is 2.47. The van der Waals surface area contributed by atoms with Crippen molar-refractivity contribution in [1.82, 2.24) is 5.06 Å². The fraction of sp³-hybridized carbons (Fsp3) is 0.273. The van der Waals surface area contributed by atoms with Crippen LogP contribution in [0.3, 0.4) is 0 Å². The zero-order valence-corrected chi connectivity index (χ0v) is 9.58. The minimum Gasteiger partial charge on any atom is -0.411 e. The molecule has 1 aromatic rings. The normalized spacial score (nSPS) is 21.2. The van der Waals surface area contributed by atoms with E-state index in [4.69, 9.17) is 28.0 Å². The fourth-order valence-electron chi connectivity index (χ4n) is 1.61. The van der Waals surface area contributed by atoms with Gasteiger partial charge in [0.15, 0.2) is 0 Å². The average Bonchev–Trinajstić information content (AvgIpc) is 2.62. The molecule has 0 spiro atoms. The van der Waals surface area contributed by atoms with E-state index in [2.05, 4.69) is 0 Å². The van der Waals surface area contributed by atoms with E-state index in [0.29, 0.717) is 17.5 Å². The molecule has 0 fully saturated rings. The van der Waals surface area contributed by atoms with Crippen LogP contribution >= 0.6 is 23.2 Å². The molecule has 0 aliphatic carbocycles. The molecule has 1 heterocycles. The van der Waals surface area contributed by atoms with E-state index in [9.17, 15) is 0 Å². The summed E-state index contributed by atoms with van der Waals surface area (Å²) in [6.45, 7) is 0.647. The average molecular weight is 244 g/mol. The second-order valence-corrected chi connectivity index (χ2v) is 4.07. The predicted molar refractivity (Wildman–Crippen MR) is 61.6 cm³/mol. The van der Waals surface area contributed by atoms with Gasteiger partial charge in [0.25, 0.3) is 0 Å². The van der Waals surface area contributed by atoms with E-state index in [1.54, 1.807) is 11.3 Å². The van der Waals surface area contributed by atoms with Crippen LogP contribution in [0.25, 0.3) is 0 Å². The maximum Gasteiger partial charge on any atom is 0.128 e. The van der Waals surface area contributed by atoms with Gasteiger partial charge < -0.3 is 4.84 Å². The SMILES string of the molecule is ClCCN1OC=C(Cl)C1c1ccccc1. The Morgan fingerprint density at radius 1 is 1.27 bits per heavy atom. The minimum absolute atomic E-state index is 0.0217. The highest BCUT2D eigenvalue weighted by Crippen LogP contribution is 2.35. The maximum absolute atomic E-state index is 6.09. The van der Waals surface area contributed by atoms with Gasteiger partial charge in [-0.05, 0) is 5.56 Å². The molecule has 2 nitrogen and oxygen atoms in total. The molecule has 0 bridgehead atoms. The lowest BCUT2D eigenvalue weighted by atomic mass is 10.1. The van der Waals surface area contributed by atoms with Crippen molar-refractivity contribution in [2.75, 3.05) is 12.4 Å². The molecule has 1 aliphatic rings. The zero-order chi connectivity index (χ0) is 10.7. The van der Waals surface area contributed by atoms with Crippen LogP contribution in [0, 0.1) is 0 Å². The van der Waals surface area contributed by atoms with Crippen molar-refractivity contribution in [3.05, 3.63) is 47.2 Å². The Hall–Kier alpha value is -0.700. The Bertz CT molecular complexity index is 353. The van der Waals surface area contributed by atoms with Crippen LogP contribution in [0.4, 0.5) is 0 Å². The summed E-state index contributed by atoms with van der Waals surface area (Å²) >= 11 is 11.8. The third-order valence-electron chi connectivity index (χ3n) is 2.27. The lowest BCUT2D eigenvalue weighted by molar-refractivity contribution is -0.100. The van der Waals surface area contributed by atoms with Gasteiger partial charge in [-0.25, -0.2) is 0 Å². The first-order valence-corrected chi connectivity index (χ1v) is 5.64. The highest BCUT2D eigenvalue weighted by atomic mass is 35.5. The Kier molecular flexibility index (Phi) is 3.52. The van der Waals surface area contributed by atoms with Gasteiger partial charge >= 0.3 is 0 Å². The van der Waals surface area contributed by atoms with Crippen LogP contribution in [0.1, 0.15) is 11.6 Å². The third kappa shape index (κ3) is 2.28. The summed E-state index contributed by atoms with van der Waals surface area (Å²) in [4.78, 5) is 5.33. The fourth-order valence-corrected chi connectivity index (χ4v) is 2.05. The molecule has 0 radical (unpaired) electrons. The predicted octanol–water partition coefficient (Wildman–Crippen LogP) is 3.29. The van der Waals surface area contributed by atoms with Crippen molar-refractivity contribution in [3.8, 4) is 0 Å².